The Bertz CT molecular complexity index is 423. The Balaban J connectivity index is 2.17. The van der Waals surface area contributed by atoms with Crippen LogP contribution in [0.4, 0.5) is 0 Å². The molecule has 1 fully saturated rings. The molecule has 0 bridgehead atoms. The smallest absolute Gasteiger partial charge is 0.266 e. The molecule has 0 spiro atoms. The maximum absolute atomic E-state index is 12.6. The average molecular weight is 266 g/mol. The lowest BCUT2D eigenvalue weighted by Crippen LogP contribution is -2.42. The Morgan fingerprint density at radius 2 is 2.17 bits per heavy atom. The molecule has 1 aromatic heterocycles. The lowest BCUT2D eigenvalue weighted by atomic mass is 10.0. The summed E-state index contributed by atoms with van der Waals surface area (Å²) < 4.78 is 0. The van der Waals surface area contributed by atoms with Crippen LogP contribution >= 0.6 is 11.3 Å². The summed E-state index contributed by atoms with van der Waals surface area (Å²) in [5.74, 6) is 0.670. The highest BCUT2D eigenvalue weighted by atomic mass is 32.1. The zero-order valence-electron chi connectivity index (χ0n) is 11.6. The van der Waals surface area contributed by atoms with Gasteiger partial charge in [0.2, 0.25) is 0 Å². The fourth-order valence-electron chi connectivity index (χ4n) is 2.06. The van der Waals surface area contributed by atoms with E-state index in [1.165, 1.54) is 0 Å². The summed E-state index contributed by atoms with van der Waals surface area (Å²) in [6.45, 7) is 8.58. The number of hydrogen-bond donors (Lipinski definition) is 0. The number of carbonyl (C=O) groups is 1. The summed E-state index contributed by atoms with van der Waals surface area (Å²) in [7, 11) is 0. The zero-order chi connectivity index (χ0) is 13.3. The number of rotatable bonds is 5. The molecule has 18 heavy (non-hydrogen) atoms. The lowest BCUT2D eigenvalue weighted by molar-refractivity contribution is 0.0632. The Morgan fingerprint density at radius 1 is 1.50 bits per heavy atom. The lowest BCUT2D eigenvalue weighted by Gasteiger charge is -2.31. The first kappa shape index (κ1) is 13.5. The van der Waals surface area contributed by atoms with E-state index in [-0.39, 0.29) is 5.91 Å². The van der Waals surface area contributed by atoms with Crippen molar-refractivity contribution in [2.45, 2.75) is 59.0 Å². The molecule has 0 radical (unpaired) electrons. The molecule has 4 heteroatoms. The minimum atomic E-state index is 0.177. The summed E-state index contributed by atoms with van der Waals surface area (Å²) in [5, 5.41) is 1.05. The molecule has 3 nitrogen and oxygen atoms in total. The molecular formula is C14H22N2OS. The summed E-state index contributed by atoms with van der Waals surface area (Å²) in [4.78, 5) is 19.8. The monoisotopic (exact) mass is 266 g/mol. The number of aromatic nitrogens is 1. The van der Waals surface area contributed by atoms with Gasteiger partial charge in [-0.1, -0.05) is 20.8 Å². The van der Waals surface area contributed by atoms with Crippen molar-refractivity contribution in [2.75, 3.05) is 0 Å². The third-order valence-electron chi connectivity index (χ3n) is 3.65. The van der Waals surface area contributed by atoms with Crippen LogP contribution in [0.2, 0.25) is 0 Å². The summed E-state index contributed by atoms with van der Waals surface area (Å²) in [5.41, 5.74) is 0. The highest BCUT2D eigenvalue weighted by molar-refractivity contribution is 7.13. The van der Waals surface area contributed by atoms with E-state index in [4.69, 9.17) is 0 Å². The molecular weight excluding hydrogens is 244 g/mol. The van der Waals surface area contributed by atoms with Crippen molar-refractivity contribution in [3.8, 4) is 0 Å². The molecule has 1 unspecified atom stereocenters. The van der Waals surface area contributed by atoms with Gasteiger partial charge in [-0.15, -0.1) is 11.3 Å². The van der Waals surface area contributed by atoms with Gasteiger partial charge in [-0.2, -0.15) is 0 Å². The van der Waals surface area contributed by atoms with E-state index in [0.717, 1.165) is 29.1 Å². The molecule has 0 aromatic carbocycles. The molecule has 1 aliphatic carbocycles. The van der Waals surface area contributed by atoms with Crippen LogP contribution in [0.25, 0.3) is 0 Å². The van der Waals surface area contributed by atoms with E-state index >= 15 is 0 Å². The number of nitrogens with zero attached hydrogens (tertiary/aromatic N) is 2. The SMILES string of the molecule is CCc1ncc(C(=O)N(C2CC2)C(C)C(C)C)s1. The van der Waals surface area contributed by atoms with Crippen LogP contribution in [0.1, 0.15) is 55.2 Å². The molecule has 1 aliphatic rings. The van der Waals surface area contributed by atoms with Gasteiger partial charge >= 0.3 is 0 Å². The van der Waals surface area contributed by atoms with Gasteiger partial charge in [-0.25, -0.2) is 4.98 Å². The first-order valence-corrected chi connectivity index (χ1v) is 7.63. The molecule has 100 valence electrons. The van der Waals surface area contributed by atoms with Crippen molar-refractivity contribution in [3.05, 3.63) is 16.1 Å². The van der Waals surface area contributed by atoms with Gasteiger partial charge in [0.15, 0.2) is 0 Å². The molecule has 1 heterocycles. The van der Waals surface area contributed by atoms with Crippen LogP contribution in [-0.4, -0.2) is 27.9 Å². The Labute approximate surface area is 113 Å². The Kier molecular flexibility index (Phi) is 4.05. The number of hydrogen-bond acceptors (Lipinski definition) is 3. The van der Waals surface area contributed by atoms with Gasteiger partial charge in [0.1, 0.15) is 4.88 Å². The van der Waals surface area contributed by atoms with Crippen molar-refractivity contribution >= 4 is 17.2 Å². The number of thiazole rings is 1. The summed E-state index contributed by atoms with van der Waals surface area (Å²) in [6.07, 6.45) is 4.96. The van der Waals surface area contributed by atoms with E-state index in [2.05, 4.69) is 37.6 Å². The van der Waals surface area contributed by atoms with Crippen molar-refractivity contribution in [2.24, 2.45) is 5.92 Å². The van der Waals surface area contributed by atoms with Gasteiger partial charge in [0, 0.05) is 12.1 Å². The number of carbonyl (C=O) groups excluding carboxylic acids is 1. The summed E-state index contributed by atoms with van der Waals surface area (Å²) in [6, 6.07) is 0.763. The summed E-state index contributed by atoms with van der Waals surface area (Å²) >= 11 is 1.54. The molecule has 1 amide bonds. The molecule has 0 aliphatic heterocycles. The standard InChI is InChI=1S/C14H22N2OS/c1-5-13-15-8-12(18-13)14(17)16(11-6-7-11)10(4)9(2)3/h8-11H,5-7H2,1-4H3. The minimum Gasteiger partial charge on any atom is -0.332 e. The first-order valence-electron chi connectivity index (χ1n) is 6.82. The minimum absolute atomic E-state index is 0.177. The van der Waals surface area contributed by atoms with Gasteiger partial charge < -0.3 is 4.90 Å². The highest BCUT2D eigenvalue weighted by Crippen LogP contribution is 2.32. The van der Waals surface area contributed by atoms with Crippen molar-refractivity contribution in [3.63, 3.8) is 0 Å². The zero-order valence-corrected chi connectivity index (χ0v) is 12.5. The van der Waals surface area contributed by atoms with Crippen LogP contribution in [-0.2, 0) is 6.42 Å². The molecule has 0 N–H and O–H groups in total. The molecule has 0 saturated heterocycles. The second-order valence-corrected chi connectivity index (χ2v) is 6.52. The third kappa shape index (κ3) is 2.74. The van der Waals surface area contributed by atoms with Crippen molar-refractivity contribution in [1.82, 2.24) is 9.88 Å². The quantitative estimate of drug-likeness (QED) is 0.819. The number of amides is 1. The highest BCUT2D eigenvalue weighted by Gasteiger charge is 2.37. The van der Waals surface area contributed by atoms with Crippen LogP contribution in [0.3, 0.4) is 0 Å². The molecule has 1 aromatic rings. The Morgan fingerprint density at radius 3 is 2.61 bits per heavy atom. The van der Waals surface area contributed by atoms with E-state index in [9.17, 15) is 4.79 Å². The fourth-order valence-corrected chi connectivity index (χ4v) is 2.86. The second kappa shape index (κ2) is 5.39. The van der Waals surface area contributed by atoms with Gasteiger partial charge in [-0.3, -0.25) is 4.79 Å². The third-order valence-corrected chi connectivity index (χ3v) is 4.77. The Hall–Kier alpha value is -0.900. The van der Waals surface area contributed by atoms with Gasteiger partial charge in [-0.05, 0) is 32.1 Å². The van der Waals surface area contributed by atoms with Crippen molar-refractivity contribution in [1.29, 1.82) is 0 Å². The van der Waals surface area contributed by atoms with E-state index in [1.807, 2.05) is 0 Å². The first-order chi connectivity index (χ1) is 8.54. The predicted octanol–water partition coefficient (Wildman–Crippen LogP) is 3.35. The van der Waals surface area contributed by atoms with E-state index in [0.29, 0.717) is 18.0 Å². The van der Waals surface area contributed by atoms with Crippen LogP contribution in [0.15, 0.2) is 6.20 Å². The van der Waals surface area contributed by atoms with E-state index < -0.39 is 0 Å². The maximum Gasteiger partial charge on any atom is 0.266 e. The molecule has 1 saturated carbocycles. The maximum atomic E-state index is 12.6. The predicted molar refractivity (Wildman–Crippen MR) is 75.0 cm³/mol. The largest absolute Gasteiger partial charge is 0.332 e. The average Bonchev–Trinajstić information content (AvgIpc) is 3.05. The van der Waals surface area contributed by atoms with Crippen molar-refractivity contribution < 1.29 is 4.79 Å². The normalized spacial score (nSPS) is 16.9. The van der Waals surface area contributed by atoms with Gasteiger partial charge in [0.25, 0.3) is 5.91 Å². The number of aryl methyl sites for hydroxylation is 1. The van der Waals surface area contributed by atoms with Crippen LogP contribution in [0.5, 0.6) is 0 Å². The topological polar surface area (TPSA) is 33.2 Å². The fraction of sp³-hybridized carbons (Fsp3) is 0.714. The second-order valence-electron chi connectivity index (χ2n) is 5.40. The molecule has 2 rings (SSSR count). The van der Waals surface area contributed by atoms with Crippen LogP contribution < -0.4 is 0 Å². The van der Waals surface area contributed by atoms with E-state index in [1.54, 1.807) is 17.5 Å². The van der Waals surface area contributed by atoms with Gasteiger partial charge in [0.05, 0.1) is 11.2 Å². The molecule has 1 atom stereocenters. The van der Waals surface area contributed by atoms with Crippen LogP contribution in [0, 0.1) is 5.92 Å².